The number of benzene rings is 2. The van der Waals surface area contributed by atoms with Crippen LogP contribution in [0.5, 0.6) is 0 Å². The second-order valence-corrected chi connectivity index (χ2v) is 8.10. The first kappa shape index (κ1) is 16.0. The summed E-state index contributed by atoms with van der Waals surface area (Å²) in [6, 6.07) is 10.9. The van der Waals surface area contributed by atoms with Crippen LogP contribution in [0.4, 0.5) is 4.39 Å². The fourth-order valence-electron chi connectivity index (χ4n) is 5.20. The molecule has 4 unspecified atom stereocenters. The molecule has 0 aromatic heterocycles. The third kappa shape index (κ3) is 2.55. The molecule has 0 saturated heterocycles. The predicted octanol–water partition coefficient (Wildman–Crippen LogP) is 4.16. The largest absolute Gasteiger partial charge is 0.385 e. The lowest BCUT2D eigenvalue weighted by Crippen LogP contribution is -2.48. The van der Waals surface area contributed by atoms with Crippen LogP contribution in [-0.2, 0) is 5.60 Å². The number of halogens is 1. The second-order valence-electron chi connectivity index (χ2n) is 8.10. The van der Waals surface area contributed by atoms with Crippen LogP contribution in [0, 0.1) is 23.6 Å². The van der Waals surface area contributed by atoms with Gasteiger partial charge >= 0.3 is 0 Å². The van der Waals surface area contributed by atoms with E-state index in [0.717, 1.165) is 48.1 Å². The highest BCUT2D eigenvalue weighted by atomic mass is 19.1. The van der Waals surface area contributed by atoms with Crippen LogP contribution in [0.3, 0.4) is 0 Å². The van der Waals surface area contributed by atoms with Crippen molar-refractivity contribution in [1.29, 1.82) is 0 Å². The molecule has 0 spiro atoms. The van der Waals surface area contributed by atoms with Crippen molar-refractivity contribution in [2.24, 2.45) is 17.8 Å². The Balaban J connectivity index is 1.79. The van der Waals surface area contributed by atoms with Gasteiger partial charge in [-0.2, -0.15) is 0 Å². The molecule has 2 nitrogen and oxygen atoms in total. The summed E-state index contributed by atoms with van der Waals surface area (Å²) in [6.07, 6.45) is 4.61. The molecule has 1 N–H and O–H groups in total. The maximum atomic E-state index is 13.4. The highest BCUT2D eigenvalue weighted by Gasteiger charge is 2.52. The van der Waals surface area contributed by atoms with Crippen molar-refractivity contribution in [1.82, 2.24) is 4.90 Å². The van der Waals surface area contributed by atoms with Gasteiger partial charge in [0.2, 0.25) is 0 Å². The first-order valence-corrected chi connectivity index (χ1v) is 9.03. The molecule has 2 aromatic rings. The van der Waals surface area contributed by atoms with Gasteiger partial charge in [0.25, 0.3) is 0 Å². The summed E-state index contributed by atoms with van der Waals surface area (Å²) in [7, 11) is 4.17. The van der Waals surface area contributed by atoms with Gasteiger partial charge < -0.3 is 10.0 Å². The fourth-order valence-corrected chi connectivity index (χ4v) is 5.20. The molecule has 0 heterocycles. The highest BCUT2D eigenvalue weighted by molar-refractivity contribution is 5.83. The highest BCUT2D eigenvalue weighted by Crippen LogP contribution is 2.55. The quantitative estimate of drug-likeness (QED) is 0.915. The van der Waals surface area contributed by atoms with Crippen LogP contribution in [0.15, 0.2) is 36.4 Å². The zero-order valence-corrected chi connectivity index (χ0v) is 14.5. The molecule has 0 aliphatic heterocycles. The van der Waals surface area contributed by atoms with Crippen LogP contribution in [0.2, 0.25) is 0 Å². The van der Waals surface area contributed by atoms with Crippen molar-refractivity contribution >= 4 is 10.8 Å². The summed E-state index contributed by atoms with van der Waals surface area (Å²) < 4.78 is 13.4. The molecule has 2 bridgehead atoms. The number of nitrogens with zero attached hydrogens (tertiary/aromatic N) is 1. The SMILES string of the molecule is CN(C)CC1CC2CCC(C2)C1(O)c1ccc2cc(F)ccc2c1. The molecular weight excluding hydrogens is 301 g/mol. The molecule has 4 atom stereocenters. The predicted molar refractivity (Wildman–Crippen MR) is 95.3 cm³/mol. The fraction of sp³-hybridized carbons (Fsp3) is 0.524. The number of rotatable bonds is 3. The smallest absolute Gasteiger partial charge is 0.123 e. The molecule has 0 radical (unpaired) electrons. The van der Waals surface area contributed by atoms with E-state index < -0.39 is 5.60 Å². The van der Waals surface area contributed by atoms with E-state index in [1.807, 2.05) is 18.2 Å². The van der Waals surface area contributed by atoms with Gasteiger partial charge in [0.05, 0.1) is 5.60 Å². The van der Waals surface area contributed by atoms with Gasteiger partial charge in [0.15, 0.2) is 0 Å². The summed E-state index contributed by atoms with van der Waals surface area (Å²) in [5.74, 6) is 1.17. The Labute approximate surface area is 143 Å². The van der Waals surface area contributed by atoms with Gasteiger partial charge in [0, 0.05) is 12.5 Å². The standard InChI is InChI=1S/C21H26FNO/c1-23(2)13-19-10-14-3-6-17(9-14)21(19,24)18-7-4-16-12-20(22)8-5-15(16)11-18/h4-5,7-8,11-12,14,17,19,24H,3,6,9-10,13H2,1-2H3. The molecule has 2 aromatic carbocycles. The first-order valence-electron chi connectivity index (χ1n) is 9.03. The van der Waals surface area contributed by atoms with Crippen molar-refractivity contribution in [2.75, 3.05) is 20.6 Å². The Morgan fingerprint density at radius 2 is 1.83 bits per heavy atom. The minimum atomic E-state index is -0.764. The average molecular weight is 327 g/mol. The maximum absolute atomic E-state index is 13.4. The van der Waals surface area contributed by atoms with E-state index in [4.69, 9.17) is 0 Å². The van der Waals surface area contributed by atoms with Gasteiger partial charge in [-0.3, -0.25) is 0 Å². The van der Waals surface area contributed by atoms with Crippen molar-refractivity contribution in [3.05, 3.63) is 47.8 Å². The molecular formula is C21H26FNO. The Hall–Kier alpha value is -1.45. The summed E-state index contributed by atoms with van der Waals surface area (Å²) in [5, 5.41) is 13.8. The number of fused-ring (bicyclic) bond motifs is 3. The summed E-state index contributed by atoms with van der Waals surface area (Å²) in [6.45, 7) is 0.908. The Kier molecular flexibility index (Phi) is 3.89. The zero-order valence-electron chi connectivity index (χ0n) is 14.5. The van der Waals surface area contributed by atoms with Crippen molar-refractivity contribution in [3.63, 3.8) is 0 Å². The van der Waals surface area contributed by atoms with Crippen molar-refractivity contribution < 1.29 is 9.50 Å². The lowest BCUT2D eigenvalue weighted by atomic mass is 9.65. The molecule has 4 rings (SSSR count). The van der Waals surface area contributed by atoms with E-state index in [9.17, 15) is 9.50 Å². The van der Waals surface area contributed by atoms with Crippen LogP contribution in [0.25, 0.3) is 10.8 Å². The van der Waals surface area contributed by atoms with E-state index in [1.165, 1.54) is 12.5 Å². The molecule has 0 amide bonds. The van der Waals surface area contributed by atoms with Gasteiger partial charge in [-0.25, -0.2) is 4.39 Å². The molecule has 3 heteroatoms. The van der Waals surface area contributed by atoms with E-state index in [0.29, 0.717) is 5.92 Å². The van der Waals surface area contributed by atoms with Crippen LogP contribution < -0.4 is 0 Å². The Morgan fingerprint density at radius 3 is 2.62 bits per heavy atom. The van der Waals surface area contributed by atoms with E-state index in [1.54, 1.807) is 6.07 Å². The van der Waals surface area contributed by atoms with Crippen LogP contribution in [-0.4, -0.2) is 30.6 Å². The number of hydrogen-bond acceptors (Lipinski definition) is 2. The maximum Gasteiger partial charge on any atom is 0.123 e. The number of hydrogen-bond donors (Lipinski definition) is 1. The van der Waals surface area contributed by atoms with Crippen molar-refractivity contribution in [2.45, 2.75) is 31.3 Å². The summed E-state index contributed by atoms with van der Waals surface area (Å²) in [4.78, 5) is 2.19. The number of aliphatic hydroxyl groups is 1. The average Bonchev–Trinajstić information content (AvgIpc) is 2.96. The molecule has 2 fully saturated rings. The monoisotopic (exact) mass is 327 g/mol. The van der Waals surface area contributed by atoms with Crippen molar-refractivity contribution in [3.8, 4) is 0 Å². The second kappa shape index (κ2) is 5.82. The van der Waals surface area contributed by atoms with Crippen LogP contribution in [0.1, 0.15) is 31.2 Å². The van der Waals surface area contributed by atoms with E-state index in [2.05, 4.69) is 25.1 Å². The normalized spacial score (nSPS) is 32.6. The molecule has 128 valence electrons. The van der Waals surface area contributed by atoms with E-state index in [-0.39, 0.29) is 11.7 Å². The molecule has 24 heavy (non-hydrogen) atoms. The Bertz CT molecular complexity index is 759. The topological polar surface area (TPSA) is 23.5 Å². The Morgan fingerprint density at radius 1 is 1.08 bits per heavy atom. The van der Waals surface area contributed by atoms with Gasteiger partial charge in [-0.15, -0.1) is 0 Å². The van der Waals surface area contributed by atoms with Crippen LogP contribution >= 0.6 is 0 Å². The third-order valence-corrected chi connectivity index (χ3v) is 6.25. The molecule has 2 aliphatic carbocycles. The lowest BCUT2D eigenvalue weighted by Gasteiger charge is -2.46. The summed E-state index contributed by atoms with van der Waals surface area (Å²) >= 11 is 0. The third-order valence-electron chi connectivity index (χ3n) is 6.25. The summed E-state index contributed by atoms with van der Waals surface area (Å²) in [5.41, 5.74) is 0.249. The molecule has 2 saturated carbocycles. The molecule has 2 aliphatic rings. The minimum Gasteiger partial charge on any atom is -0.385 e. The van der Waals surface area contributed by atoms with E-state index >= 15 is 0 Å². The zero-order chi connectivity index (χ0) is 16.9. The van der Waals surface area contributed by atoms with Gasteiger partial charge in [0.1, 0.15) is 5.82 Å². The van der Waals surface area contributed by atoms with Gasteiger partial charge in [-0.1, -0.05) is 24.6 Å². The first-order chi connectivity index (χ1) is 11.5. The van der Waals surface area contributed by atoms with Gasteiger partial charge in [-0.05, 0) is 79.7 Å². The lowest BCUT2D eigenvalue weighted by molar-refractivity contribution is -0.103. The minimum absolute atomic E-state index is 0.212.